The Morgan fingerprint density at radius 3 is 1.52 bits per heavy atom. The van der Waals surface area contributed by atoms with E-state index < -0.39 is 49.9 Å². The van der Waals surface area contributed by atoms with Crippen molar-refractivity contribution < 1.29 is 17.8 Å². The number of rotatable bonds is 20. The van der Waals surface area contributed by atoms with Crippen LogP contribution in [0.25, 0.3) is 0 Å². The highest BCUT2D eigenvalue weighted by Gasteiger charge is 2.61. The fourth-order valence-corrected chi connectivity index (χ4v) is 45.0. The minimum absolute atomic E-state index is 0.157. The second-order valence-electron chi connectivity index (χ2n) is 18.3. The minimum Gasteiger partial charge on any atom is -0.436 e. The molecule has 12 heteroatoms. The van der Waals surface area contributed by atoms with E-state index in [-0.39, 0.29) is 5.16 Å². The smallest absolute Gasteiger partial charge is 0.321 e. The quantitative estimate of drug-likeness (QED) is 0.0727. The van der Waals surface area contributed by atoms with E-state index in [0.29, 0.717) is 22.1 Å². The third-order valence-electron chi connectivity index (χ3n) is 12.3. The molecule has 0 aromatic heterocycles. The van der Waals surface area contributed by atoms with Crippen LogP contribution in [0.5, 0.6) is 0 Å². The first-order valence-corrected chi connectivity index (χ1v) is 36.8. The van der Waals surface area contributed by atoms with Crippen LogP contribution in [0.2, 0.25) is 96.0 Å². The number of halogens is 2. The summed E-state index contributed by atoms with van der Waals surface area (Å²) in [7, 11) is -11.6. The Bertz CT molecular complexity index is 1090. The lowest BCUT2D eigenvalue weighted by atomic mass is 10.4. The van der Waals surface area contributed by atoms with Crippen molar-refractivity contribution in [3.8, 4) is 0 Å². The van der Waals surface area contributed by atoms with Crippen LogP contribution in [0.3, 0.4) is 0 Å². The standard InChI is InChI=1S/C16H35ClO2Si3.C15H27ClSi.C9H24O2Si2/c1-9-20(7)16(6)21(8,15(4)5)19-22(18-20,12-10-11-17)13-14(2)3;1-13(2)10-17(9-7-8-16,11-14(3)4)12-15(5)6;1-7-12(5,10)9(4)13(6,11)8(2)3/h15-16H,2,9-13H2,1,3-8H3;1,3,5,7-12H2,2,4,6H3;8-11H,7H2,1-6H3. The van der Waals surface area contributed by atoms with Gasteiger partial charge in [0.1, 0.15) is 0 Å². The Hall–Kier alpha value is 0.681. The van der Waals surface area contributed by atoms with Gasteiger partial charge in [0.25, 0.3) is 0 Å². The number of alkyl halides is 2. The first-order chi connectivity index (χ1) is 23.5. The molecule has 7 atom stereocenters. The van der Waals surface area contributed by atoms with Crippen molar-refractivity contribution in [1.29, 1.82) is 0 Å². The lowest BCUT2D eigenvalue weighted by Crippen LogP contribution is -2.69. The first kappa shape index (κ1) is 54.8. The number of allylic oxidation sites excluding steroid dienone is 4. The van der Waals surface area contributed by atoms with Gasteiger partial charge >= 0.3 is 8.56 Å². The van der Waals surface area contributed by atoms with Gasteiger partial charge in [-0.15, -0.1) is 49.5 Å². The van der Waals surface area contributed by atoms with E-state index in [9.17, 15) is 9.59 Å². The van der Waals surface area contributed by atoms with Crippen LogP contribution in [0, 0.1) is 0 Å². The highest BCUT2D eigenvalue weighted by Crippen LogP contribution is 2.51. The SMILES string of the molecule is C=C(C)C[Si](CCCCl)(CC(=C)C)CC(=C)C.C=C(C)C[Si]1(CCCCl)O[Si](C)(CC)C(C)[Si](C)(C(C)C)O1.CC[Si](C)(O)C(C)[Si](C)(O)C(C)C. The van der Waals surface area contributed by atoms with Crippen LogP contribution >= 0.6 is 23.2 Å². The molecule has 52 heavy (non-hydrogen) atoms. The molecule has 1 aliphatic heterocycles. The molecule has 7 unspecified atom stereocenters. The Morgan fingerprint density at radius 1 is 0.769 bits per heavy atom. The summed E-state index contributed by atoms with van der Waals surface area (Å²) in [5.74, 6) is 1.45. The van der Waals surface area contributed by atoms with Crippen molar-refractivity contribution in [2.24, 2.45) is 0 Å². The molecular weight excluding hydrogens is 784 g/mol. The maximum Gasteiger partial charge on any atom is 0.321 e. The average molecular weight is 871 g/mol. The van der Waals surface area contributed by atoms with Crippen LogP contribution < -0.4 is 0 Å². The Balaban J connectivity index is 0. The van der Waals surface area contributed by atoms with Gasteiger partial charge in [0, 0.05) is 17.8 Å². The molecule has 1 aliphatic rings. The molecule has 1 heterocycles. The predicted molar refractivity (Wildman–Crippen MR) is 253 cm³/mol. The van der Waals surface area contributed by atoms with Gasteiger partial charge in [-0.2, -0.15) is 0 Å². The third kappa shape index (κ3) is 17.4. The summed E-state index contributed by atoms with van der Waals surface area (Å²) in [5, 5.41) is 0.789. The zero-order valence-electron chi connectivity index (χ0n) is 37.1. The lowest BCUT2D eigenvalue weighted by Gasteiger charge is -2.57. The molecule has 2 N–H and O–H groups in total. The van der Waals surface area contributed by atoms with Crippen molar-refractivity contribution in [2.75, 3.05) is 11.8 Å². The summed E-state index contributed by atoms with van der Waals surface area (Å²) in [6.45, 7) is 51.4. The summed E-state index contributed by atoms with van der Waals surface area (Å²) >= 11 is 11.9. The molecule has 1 saturated heterocycles. The van der Waals surface area contributed by atoms with Crippen LogP contribution in [-0.2, 0) is 8.23 Å². The average Bonchev–Trinajstić information content (AvgIpc) is 3.00. The van der Waals surface area contributed by atoms with Crippen LogP contribution in [-0.4, -0.2) is 71.3 Å². The van der Waals surface area contributed by atoms with Crippen molar-refractivity contribution in [2.45, 2.75) is 192 Å². The van der Waals surface area contributed by atoms with Crippen LogP contribution in [0.4, 0.5) is 0 Å². The number of hydrogen-bond acceptors (Lipinski definition) is 4. The summed E-state index contributed by atoms with van der Waals surface area (Å²) in [4.78, 5) is 20.5. The van der Waals surface area contributed by atoms with Gasteiger partial charge < -0.3 is 17.8 Å². The highest BCUT2D eigenvalue weighted by molar-refractivity contribution is 7.03. The van der Waals surface area contributed by atoms with E-state index in [4.69, 9.17) is 31.4 Å². The molecule has 0 amide bonds. The predicted octanol–water partition coefficient (Wildman–Crippen LogP) is 14.5. The molecule has 0 spiro atoms. The van der Waals surface area contributed by atoms with E-state index in [1.807, 2.05) is 26.9 Å². The topological polar surface area (TPSA) is 58.9 Å². The van der Waals surface area contributed by atoms with Crippen LogP contribution in [0.1, 0.15) is 95.9 Å². The maximum absolute atomic E-state index is 10.3. The molecule has 1 rings (SSSR count). The second kappa shape index (κ2) is 23.8. The van der Waals surface area contributed by atoms with Gasteiger partial charge in [0.05, 0.1) is 8.07 Å². The Labute approximate surface area is 341 Å². The van der Waals surface area contributed by atoms with E-state index in [2.05, 4.69) is 109 Å². The first-order valence-electron chi connectivity index (χ1n) is 20.1. The summed E-state index contributed by atoms with van der Waals surface area (Å²) in [6, 6.07) is 8.80. The second-order valence-corrected chi connectivity index (χ2v) is 46.4. The fraction of sp³-hybridized carbons (Fsp3) is 0.800. The fourth-order valence-electron chi connectivity index (χ4n) is 7.94. The van der Waals surface area contributed by atoms with Gasteiger partial charge in [-0.25, -0.2) is 0 Å². The van der Waals surface area contributed by atoms with E-state index in [0.717, 1.165) is 36.9 Å². The maximum atomic E-state index is 10.3. The van der Waals surface area contributed by atoms with Crippen molar-refractivity contribution in [3.05, 3.63) is 48.6 Å². The molecule has 0 aromatic rings. The van der Waals surface area contributed by atoms with Gasteiger partial charge in [0.15, 0.2) is 33.3 Å². The Kier molecular flexibility index (Phi) is 25.1. The molecule has 308 valence electrons. The van der Waals surface area contributed by atoms with E-state index in [1.165, 1.54) is 52.5 Å². The summed E-state index contributed by atoms with van der Waals surface area (Å²) in [6.07, 6.45) is 2.10. The molecule has 1 fully saturated rings. The van der Waals surface area contributed by atoms with Gasteiger partial charge in [-0.05, 0) is 124 Å². The molecule has 4 nitrogen and oxygen atoms in total. The van der Waals surface area contributed by atoms with Gasteiger partial charge in [-0.3, -0.25) is 0 Å². The molecule has 0 aromatic carbocycles. The normalized spacial score (nSPS) is 26.2. The molecule has 0 aliphatic carbocycles. The summed E-state index contributed by atoms with van der Waals surface area (Å²) < 4.78 is 14.0. The highest BCUT2D eigenvalue weighted by atomic mass is 35.5. The summed E-state index contributed by atoms with van der Waals surface area (Å²) in [5.41, 5.74) is 6.05. The molecular formula is C40H86Cl2O4Si6. The Morgan fingerprint density at radius 2 is 1.21 bits per heavy atom. The molecule has 0 radical (unpaired) electrons. The lowest BCUT2D eigenvalue weighted by molar-refractivity contribution is 0.329. The van der Waals surface area contributed by atoms with Crippen LogP contribution in [0.15, 0.2) is 48.6 Å². The monoisotopic (exact) mass is 868 g/mol. The van der Waals surface area contributed by atoms with Crippen molar-refractivity contribution in [1.82, 2.24) is 0 Å². The van der Waals surface area contributed by atoms with Crippen molar-refractivity contribution >= 4 is 73.1 Å². The largest absolute Gasteiger partial charge is 0.436 e. The van der Waals surface area contributed by atoms with E-state index >= 15 is 0 Å². The van der Waals surface area contributed by atoms with Crippen molar-refractivity contribution in [3.63, 3.8) is 0 Å². The minimum atomic E-state index is -2.23. The zero-order valence-corrected chi connectivity index (χ0v) is 44.6. The zero-order chi connectivity index (χ0) is 41.5. The van der Waals surface area contributed by atoms with E-state index in [1.54, 1.807) is 0 Å². The molecule has 0 saturated carbocycles. The number of hydrogen-bond donors (Lipinski definition) is 2. The molecule has 0 bridgehead atoms. The van der Waals surface area contributed by atoms with Gasteiger partial charge in [0.2, 0.25) is 0 Å². The third-order valence-corrected chi connectivity index (χ3v) is 49.0. The van der Waals surface area contributed by atoms with Gasteiger partial charge in [-0.1, -0.05) is 83.7 Å².